The number of rotatable bonds is 3. The molecular formula is C20H17N3O. The number of aryl methyl sites for hydroxylation is 1. The summed E-state index contributed by atoms with van der Waals surface area (Å²) in [5.74, 6) is -0.306. The van der Waals surface area contributed by atoms with E-state index >= 15 is 0 Å². The van der Waals surface area contributed by atoms with Crippen LogP contribution in [0.4, 0.5) is 5.69 Å². The Labute approximate surface area is 140 Å². The summed E-state index contributed by atoms with van der Waals surface area (Å²) >= 11 is 0. The van der Waals surface area contributed by atoms with Gasteiger partial charge in [0.1, 0.15) is 6.04 Å². The maximum Gasteiger partial charge on any atom is 0.252 e. The number of nitrogens with two attached hydrogens (primary N) is 1. The molecule has 24 heavy (non-hydrogen) atoms. The lowest BCUT2D eigenvalue weighted by Gasteiger charge is -2.15. The molecule has 0 fully saturated rings. The van der Waals surface area contributed by atoms with Crippen LogP contribution in [0.2, 0.25) is 0 Å². The minimum atomic E-state index is -0.732. The Morgan fingerprint density at radius 2 is 1.88 bits per heavy atom. The molecule has 0 saturated heterocycles. The van der Waals surface area contributed by atoms with Crippen molar-refractivity contribution in [1.29, 1.82) is 5.26 Å². The summed E-state index contributed by atoms with van der Waals surface area (Å²) < 4.78 is 0. The van der Waals surface area contributed by atoms with Gasteiger partial charge in [-0.2, -0.15) is 5.26 Å². The molecule has 0 aliphatic carbocycles. The molecule has 4 heteroatoms. The first kappa shape index (κ1) is 15.6. The van der Waals surface area contributed by atoms with Gasteiger partial charge in [0.15, 0.2) is 0 Å². The number of benzene rings is 3. The molecule has 0 radical (unpaired) electrons. The SMILES string of the molecule is Cc1ccc(N)cc1C(=O)NC(C#N)c1cccc2ccccc12. The van der Waals surface area contributed by atoms with E-state index in [4.69, 9.17) is 5.73 Å². The van der Waals surface area contributed by atoms with E-state index in [1.54, 1.807) is 18.2 Å². The van der Waals surface area contributed by atoms with Crippen molar-refractivity contribution in [1.82, 2.24) is 5.32 Å². The van der Waals surface area contributed by atoms with Crippen molar-refractivity contribution < 1.29 is 4.79 Å². The number of carbonyl (C=O) groups excluding carboxylic acids is 1. The zero-order valence-corrected chi connectivity index (χ0v) is 13.3. The fourth-order valence-electron chi connectivity index (χ4n) is 2.77. The summed E-state index contributed by atoms with van der Waals surface area (Å²) in [5, 5.41) is 14.4. The molecule has 1 unspecified atom stereocenters. The Hall–Kier alpha value is -3.32. The Morgan fingerprint density at radius 1 is 1.12 bits per heavy atom. The number of nitrogens with zero attached hydrogens (tertiary/aromatic N) is 1. The summed E-state index contributed by atoms with van der Waals surface area (Å²) in [6.07, 6.45) is 0. The van der Waals surface area contributed by atoms with Crippen molar-refractivity contribution in [3.63, 3.8) is 0 Å². The van der Waals surface area contributed by atoms with Gasteiger partial charge in [0.2, 0.25) is 0 Å². The molecule has 3 N–H and O–H groups in total. The number of nitriles is 1. The fourth-order valence-corrected chi connectivity index (χ4v) is 2.77. The first-order valence-corrected chi connectivity index (χ1v) is 7.64. The Balaban J connectivity index is 1.96. The summed E-state index contributed by atoms with van der Waals surface area (Å²) in [6, 6.07) is 20.2. The lowest BCUT2D eigenvalue weighted by molar-refractivity contribution is 0.0945. The molecule has 0 aromatic heterocycles. The lowest BCUT2D eigenvalue weighted by Crippen LogP contribution is -2.28. The molecule has 118 valence electrons. The van der Waals surface area contributed by atoms with Gasteiger partial charge in [0, 0.05) is 11.3 Å². The summed E-state index contributed by atoms with van der Waals surface area (Å²) in [4.78, 5) is 12.6. The molecule has 0 saturated carbocycles. The number of nitrogen functional groups attached to an aromatic ring is 1. The van der Waals surface area contributed by atoms with E-state index in [1.807, 2.05) is 49.4 Å². The highest BCUT2D eigenvalue weighted by Gasteiger charge is 2.18. The highest BCUT2D eigenvalue weighted by molar-refractivity contribution is 5.97. The fraction of sp³-hybridized carbons (Fsp3) is 0.100. The third-order valence-electron chi connectivity index (χ3n) is 4.05. The number of fused-ring (bicyclic) bond motifs is 1. The van der Waals surface area contributed by atoms with E-state index in [2.05, 4.69) is 11.4 Å². The quantitative estimate of drug-likeness (QED) is 0.723. The lowest BCUT2D eigenvalue weighted by atomic mass is 9.99. The Morgan fingerprint density at radius 3 is 2.67 bits per heavy atom. The van der Waals surface area contributed by atoms with E-state index in [9.17, 15) is 10.1 Å². The predicted molar refractivity (Wildman–Crippen MR) is 95.4 cm³/mol. The first-order chi connectivity index (χ1) is 11.6. The number of hydrogen-bond acceptors (Lipinski definition) is 3. The van der Waals surface area contributed by atoms with Gasteiger partial charge in [-0.15, -0.1) is 0 Å². The van der Waals surface area contributed by atoms with Gasteiger partial charge in [-0.1, -0.05) is 48.5 Å². The molecule has 0 aliphatic rings. The zero-order chi connectivity index (χ0) is 17.1. The van der Waals surface area contributed by atoms with E-state index in [0.29, 0.717) is 11.3 Å². The third-order valence-corrected chi connectivity index (χ3v) is 4.05. The number of anilines is 1. The van der Waals surface area contributed by atoms with Crippen molar-refractivity contribution in [2.24, 2.45) is 0 Å². The van der Waals surface area contributed by atoms with E-state index < -0.39 is 6.04 Å². The van der Waals surface area contributed by atoms with Gasteiger partial charge in [-0.05, 0) is 41.0 Å². The molecule has 3 aromatic carbocycles. The molecule has 4 nitrogen and oxygen atoms in total. The molecule has 1 amide bonds. The highest BCUT2D eigenvalue weighted by Crippen LogP contribution is 2.24. The van der Waals surface area contributed by atoms with E-state index in [0.717, 1.165) is 21.9 Å². The van der Waals surface area contributed by atoms with Gasteiger partial charge < -0.3 is 11.1 Å². The molecule has 0 aliphatic heterocycles. The topological polar surface area (TPSA) is 78.9 Å². The van der Waals surface area contributed by atoms with Crippen LogP contribution in [-0.4, -0.2) is 5.91 Å². The normalized spacial score (nSPS) is 11.7. The van der Waals surface area contributed by atoms with E-state index in [-0.39, 0.29) is 5.91 Å². The number of nitrogens with one attached hydrogen (secondary N) is 1. The monoisotopic (exact) mass is 315 g/mol. The smallest absolute Gasteiger partial charge is 0.252 e. The molecule has 0 spiro atoms. The van der Waals surface area contributed by atoms with Gasteiger partial charge in [0.25, 0.3) is 5.91 Å². The van der Waals surface area contributed by atoms with Crippen LogP contribution >= 0.6 is 0 Å². The van der Waals surface area contributed by atoms with Gasteiger partial charge in [-0.25, -0.2) is 0 Å². The van der Waals surface area contributed by atoms with Crippen LogP contribution in [0.1, 0.15) is 27.5 Å². The standard InChI is InChI=1S/C20H17N3O/c1-13-9-10-15(22)11-18(13)20(24)23-19(12-21)17-8-4-6-14-5-2-3-7-16(14)17/h2-11,19H,22H2,1H3,(H,23,24). The van der Waals surface area contributed by atoms with Crippen molar-refractivity contribution in [3.05, 3.63) is 77.4 Å². The second-order valence-electron chi connectivity index (χ2n) is 5.68. The number of amides is 1. The number of hydrogen-bond donors (Lipinski definition) is 2. The summed E-state index contributed by atoms with van der Waals surface area (Å²) in [7, 11) is 0. The average molecular weight is 315 g/mol. The summed E-state index contributed by atoms with van der Waals surface area (Å²) in [6.45, 7) is 1.84. The van der Waals surface area contributed by atoms with Crippen LogP contribution in [0.5, 0.6) is 0 Å². The molecule has 1 atom stereocenters. The highest BCUT2D eigenvalue weighted by atomic mass is 16.1. The minimum Gasteiger partial charge on any atom is -0.399 e. The zero-order valence-electron chi connectivity index (χ0n) is 13.3. The van der Waals surface area contributed by atoms with Crippen molar-refractivity contribution in [2.45, 2.75) is 13.0 Å². The predicted octanol–water partition coefficient (Wildman–Crippen LogP) is 3.73. The number of carbonyl (C=O) groups is 1. The largest absolute Gasteiger partial charge is 0.399 e. The van der Waals surface area contributed by atoms with Crippen LogP contribution in [-0.2, 0) is 0 Å². The molecule has 0 bridgehead atoms. The van der Waals surface area contributed by atoms with Crippen molar-refractivity contribution >= 4 is 22.4 Å². The average Bonchev–Trinajstić information content (AvgIpc) is 2.61. The summed E-state index contributed by atoms with van der Waals surface area (Å²) in [5.41, 5.74) is 8.37. The Kier molecular flexibility index (Phi) is 4.17. The molecule has 3 aromatic rings. The maximum atomic E-state index is 12.6. The third kappa shape index (κ3) is 2.92. The molecular weight excluding hydrogens is 298 g/mol. The molecule has 3 rings (SSSR count). The van der Waals surface area contributed by atoms with E-state index in [1.165, 1.54) is 0 Å². The van der Waals surface area contributed by atoms with Gasteiger partial charge >= 0.3 is 0 Å². The van der Waals surface area contributed by atoms with Gasteiger partial charge in [-0.3, -0.25) is 4.79 Å². The second kappa shape index (κ2) is 6.43. The first-order valence-electron chi connectivity index (χ1n) is 7.64. The maximum absolute atomic E-state index is 12.6. The van der Waals surface area contributed by atoms with Crippen LogP contribution in [0.15, 0.2) is 60.7 Å². The molecule has 0 heterocycles. The van der Waals surface area contributed by atoms with Gasteiger partial charge in [0.05, 0.1) is 6.07 Å². The second-order valence-corrected chi connectivity index (χ2v) is 5.68. The van der Waals surface area contributed by atoms with Crippen LogP contribution in [0.25, 0.3) is 10.8 Å². The van der Waals surface area contributed by atoms with Crippen molar-refractivity contribution in [2.75, 3.05) is 5.73 Å². The van der Waals surface area contributed by atoms with Crippen LogP contribution in [0.3, 0.4) is 0 Å². The van der Waals surface area contributed by atoms with Crippen LogP contribution in [0, 0.1) is 18.3 Å². The van der Waals surface area contributed by atoms with Crippen molar-refractivity contribution in [3.8, 4) is 6.07 Å². The minimum absolute atomic E-state index is 0.306. The Bertz CT molecular complexity index is 951. The van der Waals surface area contributed by atoms with Crippen LogP contribution < -0.4 is 11.1 Å².